The zero-order chi connectivity index (χ0) is 34.1. The number of amides is 2. The molecule has 2 atom stereocenters. The van der Waals surface area contributed by atoms with Crippen LogP contribution in [0.2, 0.25) is 0 Å². The number of pyridine rings is 1. The van der Waals surface area contributed by atoms with E-state index in [0.29, 0.717) is 34.6 Å². The fraction of sp³-hybridized carbons (Fsp3) is 0.484. The average molecular weight is 704 g/mol. The maximum atomic E-state index is 14.7. The Morgan fingerprint density at radius 2 is 1.85 bits per heavy atom. The molecule has 254 valence electrons. The first-order chi connectivity index (χ1) is 22.2. The van der Waals surface area contributed by atoms with E-state index in [4.69, 9.17) is 9.47 Å². The molecule has 3 aromatic heterocycles. The molecule has 0 aromatic carbocycles. The van der Waals surface area contributed by atoms with Crippen LogP contribution in [0.1, 0.15) is 80.6 Å². The first-order valence-corrected chi connectivity index (χ1v) is 16.6. The molecule has 0 bridgehead atoms. The topological polar surface area (TPSA) is 89.0 Å². The van der Waals surface area contributed by atoms with Crippen molar-refractivity contribution in [1.82, 2.24) is 14.8 Å². The summed E-state index contributed by atoms with van der Waals surface area (Å²) in [6.45, 7) is 3.84. The van der Waals surface area contributed by atoms with E-state index in [9.17, 15) is 40.7 Å². The standard InChI is InChI=1S/C31H31F6N3O5S2/c1-3-7-23-29(45-19-15-24(46-17-19)31(35,36)37,10-6-12-40(23)26(41)25-20(30(32,33)34)8-5-11-38-25)28(43)39-13-9-21-18(16-39)14-22(47-21)27(42)44-4-2/h5,8,11,14-15,17,23H,3-4,6-7,9-10,12-13,16H2,1-2H3/t23-,29-/m1/s1. The molecule has 0 N–H and O–H groups in total. The Balaban J connectivity index is 1.56. The summed E-state index contributed by atoms with van der Waals surface area (Å²) in [6.07, 6.45) is -7.54. The number of likely N-dealkylation sites (tertiary alicyclic amines) is 1. The minimum atomic E-state index is -4.89. The van der Waals surface area contributed by atoms with Gasteiger partial charge in [-0.25, -0.2) is 4.79 Å². The van der Waals surface area contributed by atoms with Crippen LogP contribution in [0.25, 0.3) is 0 Å². The Labute approximate surface area is 274 Å². The fourth-order valence-corrected chi connectivity index (χ4v) is 7.89. The number of alkyl halides is 6. The lowest BCUT2D eigenvalue weighted by molar-refractivity contribution is -0.160. The number of hydrogen-bond donors (Lipinski definition) is 0. The minimum Gasteiger partial charge on any atom is -0.474 e. The van der Waals surface area contributed by atoms with Gasteiger partial charge < -0.3 is 19.3 Å². The van der Waals surface area contributed by atoms with Crippen LogP contribution in [-0.2, 0) is 34.8 Å². The maximum absolute atomic E-state index is 14.7. The smallest absolute Gasteiger partial charge is 0.425 e. The average Bonchev–Trinajstić information content (AvgIpc) is 3.68. The van der Waals surface area contributed by atoms with Gasteiger partial charge in [0.1, 0.15) is 21.2 Å². The predicted octanol–water partition coefficient (Wildman–Crippen LogP) is 7.23. The number of thiophene rings is 2. The molecule has 8 nitrogen and oxygen atoms in total. The SMILES string of the molecule is CCC[C@H]1N(C(=O)c2ncccc2C(F)(F)F)CCC[C@]1(Oc1csc(C(F)(F)F)c1)C(=O)N1CCc2sc(C(=O)OCC)cc2C1. The number of esters is 1. The zero-order valence-corrected chi connectivity index (χ0v) is 27.0. The summed E-state index contributed by atoms with van der Waals surface area (Å²) < 4.78 is 93.9. The summed E-state index contributed by atoms with van der Waals surface area (Å²) in [5.74, 6) is -2.41. The van der Waals surface area contributed by atoms with E-state index in [-0.39, 0.29) is 51.3 Å². The second kappa shape index (κ2) is 13.5. The maximum Gasteiger partial charge on any atom is 0.425 e. The predicted molar refractivity (Wildman–Crippen MR) is 160 cm³/mol. The quantitative estimate of drug-likeness (QED) is 0.182. The van der Waals surface area contributed by atoms with Gasteiger partial charge in [-0.05, 0) is 49.9 Å². The van der Waals surface area contributed by atoms with Crippen molar-refractivity contribution in [1.29, 1.82) is 0 Å². The van der Waals surface area contributed by atoms with E-state index >= 15 is 0 Å². The highest BCUT2D eigenvalue weighted by Crippen LogP contribution is 2.43. The van der Waals surface area contributed by atoms with E-state index < -0.39 is 57.9 Å². The van der Waals surface area contributed by atoms with Crippen molar-refractivity contribution in [2.24, 2.45) is 0 Å². The lowest BCUT2D eigenvalue weighted by Gasteiger charge is -2.50. The second-order valence-corrected chi connectivity index (χ2v) is 13.2. The second-order valence-electron chi connectivity index (χ2n) is 11.2. The zero-order valence-electron chi connectivity index (χ0n) is 25.4. The van der Waals surface area contributed by atoms with Gasteiger partial charge in [-0.3, -0.25) is 14.6 Å². The molecule has 47 heavy (non-hydrogen) atoms. The van der Waals surface area contributed by atoms with Crippen LogP contribution in [0.5, 0.6) is 5.75 Å². The molecular formula is C31H31F6N3O5S2. The normalized spacial score (nSPS) is 20.1. The molecule has 1 saturated heterocycles. The summed E-state index contributed by atoms with van der Waals surface area (Å²) >= 11 is 1.63. The Morgan fingerprint density at radius 1 is 1.09 bits per heavy atom. The molecule has 0 radical (unpaired) electrons. The Kier molecular flexibility index (Phi) is 9.92. The monoisotopic (exact) mass is 703 g/mol. The number of nitrogens with zero attached hydrogens (tertiary/aromatic N) is 3. The third-order valence-electron chi connectivity index (χ3n) is 8.15. The van der Waals surface area contributed by atoms with Gasteiger partial charge in [-0.2, -0.15) is 26.3 Å². The number of carbonyl (C=O) groups is 3. The highest BCUT2D eigenvalue weighted by atomic mass is 32.1. The summed E-state index contributed by atoms with van der Waals surface area (Å²) in [5.41, 5.74) is -3.32. The molecule has 0 saturated carbocycles. The van der Waals surface area contributed by atoms with Crippen LogP contribution in [0, 0.1) is 0 Å². The van der Waals surface area contributed by atoms with Gasteiger partial charge in [-0.1, -0.05) is 13.3 Å². The van der Waals surface area contributed by atoms with Crippen LogP contribution in [0.4, 0.5) is 26.3 Å². The number of carbonyl (C=O) groups excluding carboxylic acids is 3. The third kappa shape index (κ3) is 6.98. The van der Waals surface area contributed by atoms with E-state index in [1.54, 1.807) is 19.9 Å². The van der Waals surface area contributed by atoms with Gasteiger partial charge in [0.2, 0.25) is 5.60 Å². The number of fused-ring (bicyclic) bond motifs is 1. The van der Waals surface area contributed by atoms with E-state index in [1.165, 1.54) is 16.2 Å². The van der Waals surface area contributed by atoms with Crippen molar-refractivity contribution in [3.63, 3.8) is 0 Å². The van der Waals surface area contributed by atoms with Crippen molar-refractivity contribution >= 4 is 40.5 Å². The summed E-state index contributed by atoms with van der Waals surface area (Å²) in [6, 6.07) is 3.09. The fourth-order valence-electron chi connectivity index (χ4n) is 6.15. The molecule has 3 aromatic rings. The molecule has 5 heterocycles. The first-order valence-electron chi connectivity index (χ1n) is 15.0. The molecule has 16 heteroatoms. The number of hydrogen-bond acceptors (Lipinski definition) is 8. The third-order valence-corrected chi connectivity index (χ3v) is 10.3. The number of rotatable bonds is 8. The number of halogens is 6. The molecule has 0 spiro atoms. The Hall–Kier alpha value is -3.66. The van der Waals surface area contributed by atoms with Crippen molar-refractivity contribution in [3.8, 4) is 5.75 Å². The van der Waals surface area contributed by atoms with Gasteiger partial charge in [0.15, 0.2) is 0 Å². The molecule has 0 aliphatic carbocycles. The van der Waals surface area contributed by atoms with Gasteiger partial charge in [0, 0.05) is 48.6 Å². The van der Waals surface area contributed by atoms with Gasteiger partial charge in [-0.15, -0.1) is 22.7 Å². The number of piperidine rings is 1. The minimum absolute atomic E-state index is 0.00705. The van der Waals surface area contributed by atoms with Crippen molar-refractivity contribution < 1.29 is 50.2 Å². The van der Waals surface area contributed by atoms with E-state index in [1.807, 2.05) is 0 Å². The molecule has 2 aliphatic heterocycles. The van der Waals surface area contributed by atoms with Gasteiger partial charge in [0.05, 0.1) is 18.2 Å². The van der Waals surface area contributed by atoms with Crippen LogP contribution in [0.15, 0.2) is 35.8 Å². The van der Waals surface area contributed by atoms with Crippen LogP contribution in [0.3, 0.4) is 0 Å². The molecule has 0 unspecified atom stereocenters. The van der Waals surface area contributed by atoms with Gasteiger partial charge >= 0.3 is 18.3 Å². The van der Waals surface area contributed by atoms with Crippen LogP contribution in [-0.4, -0.2) is 63.9 Å². The highest BCUT2D eigenvalue weighted by Gasteiger charge is 2.56. The van der Waals surface area contributed by atoms with E-state index in [0.717, 1.165) is 39.6 Å². The molecule has 1 fully saturated rings. The largest absolute Gasteiger partial charge is 0.474 e. The molecule has 5 rings (SSSR count). The highest BCUT2D eigenvalue weighted by molar-refractivity contribution is 7.14. The lowest BCUT2D eigenvalue weighted by atomic mass is 9.79. The number of aromatic nitrogens is 1. The number of ether oxygens (including phenoxy) is 2. The summed E-state index contributed by atoms with van der Waals surface area (Å²) in [4.78, 5) is 47.6. The van der Waals surface area contributed by atoms with Crippen molar-refractivity contribution in [2.45, 2.75) is 76.5 Å². The van der Waals surface area contributed by atoms with Crippen molar-refractivity contribution in [3.05, 3.63) is 67.3 Å². The van der Waals surface area contributed by atoms with Crippen LogP contribution >= 0.6 is 22.7 Å². The molecule has 2 aliphatic rings. The first kappa shape index (κ1) is 34.7. The summed E-state index contributed by atoms with van der Waals surface area (Å²) in [7, 11) is 0. The molecule has 2 amide bonds. The van der Waals surface area contributed by atoms with Crippen LogP contribution < -0.4 is 4.74 Å². The van der Waals surface area contributed by atoms with Crippen molar-refractivity contribution in [2.75, 3.05) is 19.7 Å². The summed E-state index contributed by atoms with van der Waals surface area (Å²) in [5, 5.41) is 1.13. The Morgan fingerprint density at radius 3 is 2.51 bits per heavy atom. The molecular weight excluding hydrogens is 672 g/mol. The van der Waals surface area contributed by atoms with Gasteiger partial charge in [0.25, 0.3) is 11.8 Å². The van der Waals surface area contributed by atoms with E-state index in [2.05, 4.69) is 4.98 Å². The Bertz CT molecular complexity index is 1640. The lowest BCUT2D eigenvalue weighted by Crippen LogP contribution is -2.68.